The molecule has 22 heavy (non-hydrogen) atoms. The van der Waals surface area contributed by atoms with E-state index < -0.39 is 0 Å². The van der Waals surface area contributed by atoms with E-state index in [4.69, 9.17) is 0 Å². The van der Waals surface area contributed by atoms with Gasteiger partial charge < -0.3 is 10.0 Å². The first-order valence-electron chi connectivity index (χ1n) is 8.81. The smallest absolute Gasteiger partial charge is 0.229 e. The first kappa shape index (κ1) is 15.8. The summed E-state index contributed by atoms with van der Waals surface area (Å²) in [6, 6.07) is 0. The summed E-state index contributed by atoms with van der Waals surface area (Å²) in [5.74, 6) is 0.281. The van der Waals surface area contributed by atoms with E-state index in [1.54, 1.807) is 0 Å². The molecule has 0 aromatic heterocycles. The van der Waals surface area contributed by atoms with Crippen molar-refractivity contribution in [2.75, 3.05) is 13.1 Å². The fourth-order valence-electron chi connectivity index (χ4n) is 4.40. The van der Waals surface area contributed by atoms with Gasteiger partial charge in [-0.3, -0.25) is 4.79 Å². The molecule has 3 rings (SSSR count). The van der Waals surface area contributed by atoms with Crippen molar-refractivity contribution in [3.63, 3.8) is 0 Å². The van der Waals surface area contributed by atoms with E-state index in [2.05, 4.69) is 26.8 Å². The Labute approximate surface area is 134 Å². The van der Waals surface area contributed by atoms with E-state index in [-0.39, 0.29) is 17.4 Å². The summed E-state index contributed by atoms with van der Waals surface area (Å²) < 4.78 is 0. The summed E-state index contributed by atoms with van der Waals surface area (Å²) in [5, 5.41) is 10.2. The van der Waals surface area contributed by atoms with Crippen LogP contribution in [0.4, 0.5) is 0 Å². The fourth-order valence-corrected chi connectivity index (χ4v) is 4.40. The maximum absolute atomic E-state index is 12.6. The maximum atomic E-state index is 12.6. The number of fused-ring (bicyclic) bond motifs is 1. The molecule has 1 fully saturated rings. The average Bonchev–Trinajstić information content (AvgIpc) is 3.04. The minimum atomic E-state index is -0.303. The van der Waals surface area contributed by atoms with Crippen molar-refractivity contribution >= 4 is 5.91 Å². The molecule has 0 spiro atoms. The van der Waals surface area contributed by atoms with Gasteiger partial charge in [0, 0.05) is 13.1 Å². The second kappa shape index (κ2) is 5.84. The Morgan fingerprint density at radius 2 is 2.05 bits per heavy atom. The minimum Gasteiger partial charge on any atom is -0.389 e. The van der Waals surface area contributed by atoms with Crippen LogP contribution in [0.3, 0.4) is 0 Å². The lowest BCUT2D eigenvalue weighted by Crippen LogP contribution is -2.36. The van der Waals surface area contributed by atoms with Crippen molar-refractivity contribution in [2.45, 2.75) is 65.4 Å². The van der Waals surface area contributed by atoms with Crippen LogP contribution in [0.2, 0.25) is 0 Å². The Bertz CT molecular complexity index is 528. The molecule has 1 saturated heterocycles. The molecule has 122 valence electrons. The van der Waals surface area contributed by atoms with Crippen LogP contribution in [-0.4, -0.2) is 35.1 Å². The molecule has 1 N–H and O–H groups in total. The number of nitrogens with zero attached hydrogens (tertiary/aromatic N) is 1. The number of allylic oxidation sites excluding steroid dienone is 2. The Balaban J connectivity index is 1.86. The van der Waals surface area contributed by atoms with Crippen molar-refractivity contribution in [3.8, 4) is 0 Å². The topological polar surface area (TPSA) is 40.5 Å². The lowest BCUT2D eigenvalue weighted by atomic mass is 9.63. The van der Waals surface area contributed by atoms with Gasteiger partial charge in [-0.2, -0.15) is 0 Å². The van der Waals surface area contributed by atoms with E-state index in [0.717, 1.165) is 57.2 Å². The van der Waals surface area contributed by atoms with Crippen LogP contribution in [0.25, 0.3) is 0 Å². The van der Waals surface area contributed by atoms with Gasteiger partial charge >= 0.3 is 0 Å². The normalized spacial score (nSPS) is 33.5. The average molecular weight is 303 g/mol. The molecule has 0 aromatic rings. The van der Waals surface area contributed by atoms with Crippen LogP contribution in [0, 0.1) is 11.3 Å². The summed E-state index contributed by atoms with van der Waals surface area (Å²) in [4.78, 5) is 14.7. The summed E-state index contributed by atoms with van der Waals surface area (Å²) in [6.45, 7) is 8.29. The van der Waals surface area contributed by atoms with Crippen molar-refractivity contribution in [1.29, 1.82) is 0 Å². The highest BCUT2D eigenvalue weighted by molar-refractivity contribution is 5.81. The van der Waals surface area contributed by atoms with Gasteiger partial charge in [0.1, 0.15) is 0 Å². The van der Waals surface area contributed by atoms with Gasteiger partial charge in [-0.05, 0) is 68.9 Å². The highest BCUT2D eigenvalue weighted by Crippen LogP contribution is 2.49. The molecule has 1 amide bonds. The monoisotopic (exact) mass is 303 g/mol. The molecule has 2 aliphatic carbocycles. The van der Waals surface area contributed by atoms with E-state index >= 15 is 0 Å². The molecular formula is C19H29NO2. The number of hydrogen-bond acceptors (Lipinski definition) is 2. The molecule has 0 aromatic carbocycles. The number of carbonyl (C=O) groups excluding carboxylic acids is 1. The quantitative estimate of drug-likeness (QED) is 0.849. The third-order valence-corrected chi connectivity index (χ3v) is 6.18. The second-order valence-corrected chi connectivity index (χ2v) is 7.69. The van der Waals surface area contributed by atoms with Crippen LogP contribution in [0.5, 0.6) is 0 Å². The number of likely N-dealkylation sites (tertiary alicyclic amines) is 1. The number of aliphatic hydroxyl groups excluding tert-OH is 1. The summed E-state index contributed by atoms with van der Waals surface area (Å²) in [5.41, 5.74) is 3.88. The number of rotatable bonds is 2. The summed E-state index contributed by atoms with van der Waals surface area (Å²) in [7, 11) is 0. The summed E-state index contributed by atoms with van der Waals surface area (Å²) >= 11 is 0. The molecular weight excluding hydrogens is 274 g/mol. The van der Waals surface area contributed by atoms with Gasteiger partial charge in [-0.15, -0.1) is 0 Å². The molecule has 0 bridgehead atoms. The van der Waals surface area contributed by atoms with Crippen LogP contribution in [0.1, 0.15) is 59.3 Å². The first-order chi connectivity index (χ1) is 10.4. The van der Waals surface area contributed by atoms with Gasteiger partial charge in [-0.25, -0.2) is 0 Å². The SMILES string of the molecule is CC1=C2C=C([C@H](C)C(=O)N3CCCC3)CC[C@@]2(C)CCC1O. The number of hydrogen-bond donors (Lipinski definition) is 1. The Hall–Kier alpha value is -1.09. The Kier molecular flexibility index (Phi) is 4.19. The van der Waals surface area contributed by atoms with Crippen molar-refractivity contribution < 1.29 is 9.90 Å². The van der Waals surface area contributed by atoms with Crippen molar-refractivity contribution in [3.05, 3.63) is 22.8 Å². The van der Waals surface area contributed by atoms with Gasteiger partial charge in [0.05, 0.1) is 12.0 Å². The van der Waals surface area contributed by atoms with Gasteiger partial charge in [0.25, 0.3) is 0 Å². The maximum Gasteiger partial charge on any atom is 0.229 e. The highest BCUT2D eigenvalue weighted by atomic mass is 16.3. The fraction of sp³-hybridized carbons (Fsp3) is 0.737. The molecule has 0 radical (unpaired) electrons. The Morgan fingerprint density at radius 3 is 2.73 bits per heavy atom. The lowest BCUT2D eigenvalue weighted by molar-refractivity contribution is -0.132. The standard InChI is InChI=1S/C19H29NO2/c1-13(18(22)20-10-4-5-11-20)15-6-8-19(3)9-7-17(21)14(2)16(19)12-15/h12-13,17,21H,4-11H2,1-3H3/t13-,17?,19-/m0/s1. The molecule has 1 aliphatic heterocycles. The van der Waals surface area contributed by atoms with E-state index in [9.17, 15) is 9.90 Å². The number of amides is 1. The lowest BCUT2D eigenvalue weighted by Gasteiger charge is -2.42. The van der Waals surface area contributed by atoms with Crippen LogP contribution in [-0.2, 0) is 4.79 Å². The zero-order valence-corrected chi connectivity index (χ0v) is 14.2. The van der Waals surface area contributed by atoms with Crippen molar-refractivity contribution in [1.82, 2.24) is 4.90 Å². The predicted octanol–water partition coefficient (Wildman–Crippen LogP) is 3.44. The number of aliphatic hydroxyl groups is 1. The van der Waals surface area contributed by atoms with E-state index in [1.807, 2.05) is 4.90 Å². The second-order valence-electron chi connectivity index (χ2n) is 7.69. The number of carbonyl (C=O) groups is 1. The highest BCUT2D eigenvalue weighted by Gasteiger charge is 2.39. The van der Waals surface area contributed by atoms with Crippen molar-refractivity contribution in [2.24, 2.45) is 11.3 Å². The molecule has 1 unspecified atom stereocenters. The molecule has 3 heteroatoms. The van der Waals surface area contributed by atoms with Crippen LogP contribution >= 0.6 is 0 Å². The largest absolute Gasteiger partial charge is 0.389 e. The molecule has 0 saturated carbocycles. The first-order valence-corrected chi connectivity index (χ1v) is 8.81. The van der Waals surface area contributed by atoms with E-state index in [1.165, 1.54) is 11.1 Å². The van der Waals surface area contributed by atoms with E-state index in [0.29, 0.717) is 5.91 Å². The van der Waals surface area contributed by atoms with Gasteiger partial charge in [0.15, 0.2) is 0 Å². The van der Waals surface area contributed by atoms with Gasteiger partial charge in [-0.1, -0.05) is 18.6 Å². The molecule has 3 nitrogen and oxygen atoms in total. The third-order valence-electron chi connectivity index (χ3n) is 6.18. The Morgan fingerprint density at radius 1 is 1.36 bits per heavy atom. The molecule has 3 aliphatic rings. The van der Waals surface area contributed by atoms with Crippen LogP contribution in [0.15, 0.2) is 22.8 Å². The van der Waals surface area contributed by atoms with Crippen LogP contribution < -0.4 is 0 Å². The summed E-state index contributed by atoms with van der Waals surface area (Å²) in [6.07, 6.45) is 8.29. The zero-order valence-electron chi connectivity index (χ0n) is 14.2. The zero-order chi connectivity index (χ0) is 15.9. The third kappa shape index (κ3) is 2.64. The molecule has 3 atom stereocenters. The van der Waals surface area contributed by atoms with Gasteiger partial charge in [0.2, 0.25) is 5.91 Å². The predicted molar refractivity (Wildman–Crippen MR) is 88.3 cm³/mol. The minimum absolute atomic E-state index is 0.0120. The molecule has 1 heterocycles.